The van der Waals surface area contributed by atoms with Crippen molar-refractivity contribution in [3.8, 4) is 0 Å². The van der Waals surface area contributed by atoms with Crippen LogP contribution in [0.25, 0.3) is 0 Å². The number of hydrogen-bond acceptors (Lipinski definition) is 5. The highest BCUT2D eigenvalue weighted by atomic mass is 16.6. The summed E-state index contributed by atoms with van der Waals surface area (Å²) in [5.41, 5.74) is 0.987. The molecule has 0 aromatic heterocycles. The van der Waals surface area contributed by atoms with Gasteiger partial charge in [-0.15, -0.1) is 0 Å². The van der Waals surface area contributed by atoms with Crippen LogP contribution in [0.4, 0.5) is 16.2 Å². The number of anilines is 2. The van der Waals surface area contributed by atoms with Gasteiger partial charge in [-0.3, -0.25) is 9.59 Å². The Morgan fingerprint density at radius 3 is 2.11 bits per heavy atom. The number of amides is 3. The van der Waals surface area contributed by atoms with Gasteiger partial charge in [0.25, 0.3) is 0 Å². The van der Waals surface area contributed by atoms with Crippen LogP contribution in [0, 0.1) is 5.92 Å². The molecule has 0 radical (unpaired) electrons. The molecule has 8 nitrogen and oxygen atoms in total. The minimum atomic E-state index is -0.804. The summed E-state index contributed by atoms with van der Waals surface area (Å²) in [6.45, 7) is 8.63. The Morgan fingerprint density at radius 2 is 1.64 bits per heavy atom. The Balaban J connectivity index is 2.56. The van der Waals surface area contributed by atoms with E-state index in [2.05, 4.69) is 16.0 Å². The predicted octanol–water partition coefficient (Wildman–Crippen LogP) is 2.36. The van der Waals surface area contributed by atoms with Crippen LogP contribution >= 0.6 is 0 Å². The molecule has 0 aliphatic rings. The van der Waals surface area contributed by atoms with Crippen molar-refractivity contribution in [3.05, 3.63) is 24.3 Å². The third-order valence-corrected chi connectivity index (χ3v) is 3.71. The fourth-order valence-corrected chi connectivity index (χ4v) is 2.29. The standard InChI is InChI=1S/C20H32N4O4/c1-13(2)17(23-19(27)28-20(3,4)5)18(26)21-12-16(25)22-14-8-10-15(11-9-14)24(6)7/h8-11,13,17H,12H2,1-7H3,(H,21,26)(H,22,25)(H,23,27). The molecule has 3 N–H and O–H groups in total. The van der Waals surface area contributed by atoms with Crippen LogP contribution in [0.5, 0.6) is 0 Å². The molecule has 1 aromatic carbocycles. The lowest BCUT2D eigenvalue weighted by atomic mass is 10.0. The Morgan fingerprint density at radius 1 is 1.07 bits per heavy atom. The largest absolute Gasteiger partial charge is 0.444 e. The summed E-state index contributed by atoms with van der Waals surface area (Å²) in [7, 11) is 3.86. The number of ether oxygens (including phenoxy) is 1. The van der Waals surface area contributed by atoms with Crippen molar-refractivity contribution in [1.29, 1.82) is 0 Å². The fraction of sp³-hybridized carbons (Fsp3) is 0.550. The van der Waals surface area contributed by atoms with Crippen molar-refractivity contribution >= 4 is 29.3 Å². The molecule has 0 heterocycles. The third-order valence-electron chi connectivity index (χ3n) is 3.71. The Kier molecular flexibility index (Phi) is 8.28. The van der Waals surface area contributed by atoms with Gasteiger partial charge in [0.2, 0.25) is 11.8 Å². The van der Waals surface area contributed by atoms with Crippen LogP contribution in [0.15, 0.2) is 24.3 Å². The number of benzene rings is 1. The van der Waals surface area contributed by atoms with E-state index in [9.17, 15) is 14.4 Å². The molecular weight excluding hydrogens is 360 g/mol. The highest BCUT2D eigenvalue weighted by Gasteiger charge is 2.27. The molecule has 0 aliphatic carbocycles. The summed E-state index contributed by atoms with van der Waals surface area (Å²) in [6.07, 6.45) is -0.674. The second kappa shape index (κ2) is 9.96. The molecule has 8 heteroatoms. The van der Waals surface area contributed by atoms with Gasteiger partial charge in [-0.05, 0) is 51.0 Å². The average molecular weight is 393 g/mol. The first kappa shape index (κ1) is 23.3. The maximum atomic E-state index is 12.4. The van der Waals surface area contributed by atoms with E-state index >= 15 is 0 Å². The van der Waals surface area contributed by atoms with Crippen LogP contribution < -0.4 is 20.9 Å². The van der Waals surface area contributed by atoms with Gasteiger partial charge in [-0.25, -0.2) is 4.79 Å². The van der Waals surface area contributed by atoms with E-state index < -0.39 is 23.6 Å². The summed E-state index contributed by atoms with van der Waals surface area (Å²) in [5, 5.41) is 7.83. The van der Waals surface area contributed by atoms with Gasteiger partial charge < -0.3 is 25.6 Å². The minimum absolute atomic E-state index is 0.172. The van der Waals surface area contributed by atoms with Crippen molar-refractivity contribution in [1.82, 2.24) is 10.6 Å². The van der Waals surface area contributed by atoms with Crippen LogP contribution in [0.3, 0.4) is 0 Å². The third kappa shape index (κ3) is 8.28. The first-order valence-corrected chi connectivity index (χ1v) is 9.23. The second-order valence-electron chi connectivity index (χ2n) is 8.08. The lowest BCUT2D eigenvalue weighted by Crippen LogP contribution is -2.52. The van der Waals surface area contributed by atoms with E-state index in [1.807, 2.05) is 31.1 Å². The van der Waals surface area contributed by atoms with Crippen molar-refractivity contribution < 1.29 is 19.1 Å². The quantitative estimate of drug-likeness (QED) is 0.661. The topological polar surface area (TPSA) is 99.8 Å². The van der Waals surface area contributed by atoms with E-state index in [0.717, 1.165) is 5.69 Å². The molecule has 0 fully saturated rings. The Hall–Kier alpha value is -2.77. The Labute approximate surface area is 167 Å². The van der Waals surface area contributed by atoms with Gasteiger partial charge in [0.1, 0.15) is 11.6 Å². The van der Waals surface area contributed by atoms with E-state index in [4.69, 9.17) is 4.74 Å². The number of nitrogens with one attached hydrogen (secondary N) is 3. The van der Waals surface area contributed by atoms with Crippen LogP contribution in [-0.2, 0) is 14.3 Å². The molecule has 1 unspecified atom stereocenters. The molecule has 156 valence electrons. The predicted molar refractivity (Wildman–Crippen MR) is 110 cm³/mol. The molecule has 0 bridgehead atoms. The van der Waals surface area contributed by atoms with Gasteiger partial charge in [0.15, 0.2) is 0 Å². The van der Waals surface area contributed by atoms with Crippen molar-refractivity contribution in [2.75, 3.05) is 30.9 Å². The number of carbonyl (C=O) groups is 3. The maximum Gasteiger partial charge on any atom is 0.408 e. The summed E-state index contributed by atoms with van der Waals surface area (Å²) in [5.74, 6) is -0.973. The summed E-state index contributed by atoms with van der Waals surface area (Å²) < 4.78 is 5.19. The lowest BCUT2D eigenvalue weighted by Gasteiger charge is -2.25. The molecule has 28 heavy (non-hydrogen) atoms. The monoisotopic (exact) mass is 392 g/mol. The van der Waals surface area contributed by atoms with Gasteiger partial charge in [-0.1, -0.05) is 13.8 Å². The maximum absolute atomic E-state index is 12.4. The van der Waals surface area contributed by atoms with Crippen molar-refractivity contribution in [3.63, 3.8) is 0 Å². The van der Waals surface area contributed by atoms with Gasteiger partial charge in [0.05, 0.1) is 6.54 Å². The van der Waals surface area contributed by atoms with E-state index in [1.165, 1.54) is 0 Å². The molecule has 0 aliphatic heterocycles. The molecule has 0 spiro atoms. The van der Waals surface area contributed by atoms with Crippen molar-refractivity contribution in [2.45, 2.75) is 46.3 Å². The average Bonchev–Trinajstić information content (AvgIpc) is 2.56. The number of hydrogen-bond donors (Lipinski definition) is 3. The molecule has 1 rings (SSSR count). The summed E-state index contributed by atoms with van der Waals surface area (Å²) in [6, 6.07) is 6.54. The van der Waals surface area contributed by atoms with Crippen LogP contribution in [-0.4, -0.2) is 50.2 Å². The highest BCUT2D eigenvalue weighted by Crippen LogP contribution is 2.15. The van der Waals surface area contributed by atoms with E-state index in [1.54, 1.807) is 46.8 Å². The van der Waals surface area contributed by atoms with Gasteiger partial charge in [0, 0.05) is 25.5 Å². The van der Waals surface area contributed by atoms with E-state index in [-0.39, 0.29) is 18.4 Å². The minimum Gasteiger partial charge on any atom is -0.444 e. The molecule has 3 amide bonds. The normalized spacial score (nSPS) is 12.1. The number of alkyl carbamates (subject to hydrolysis) is 1. The molecular formula is C20H32N4O4. The number of carbonyl (C=O) groups excluding carboxylic acids is 3. The van der Waals surface area contributed by atoms with Gasteiger partial charge >= 0.3 is 6.09 Å². The number of nitrogens with zero attached hydrogens (tertiary/aromatic N) is 1. The molecule has 0 saturated carbocycles. The zero-order valence-corrected chi connectivity index (χ0v) is 17.8. The fourth-order valence-electron chi connectivity index (χ4n) is 2.29. The molecule has 1 atom stereocenters. The van der Waals surface area contributed by atoms with Crippen LogP contribution in [0.2, 0.25) is 0 Å². The zero-order chi connectivity index (χ0) is 21.5. The van der Waals surface area contributed by atoms with E-state index in [0.29, 0.717) is 5.69 Å². The smallest absolute Gasteiger partial charge is 0.408 e. The zero-order valence-electron chi connectivity index (χ0n) is 17.8. The molecule has 0 saturated heterocycles. The Bertz CT molecular complexity index is 678. The summed E-state index contributed by atoms with van der Waals surface area (Å²) >= 11 is 0. The highest BCUT2D eigenvalue weighted by molar-refractivity contribution is 5.95. The lowest BCUT2D eigenvalue weighted by molar-refractivity contribution is -0.126. The van der Waals surface area contributed by atoms with Crippen LogP contribution in [0.1, 0.15) is 34.6 Å². The summed E-state index contributed by atoms with van der Waals surface area (Å²) in [4.78, 5) is 38.4. The number of rotatable bonds is 7. The van der Waals surface area contributed by atoms with Gasteiger partial charge in [-0.2, -0.15) is 0 Å². The first-order valence-electron chi connectivity index (χ1n) is 9.23. The van der Waals surface area contributed by atoms with Crippen molar-refractivity contribution in [2.24, 2.45) is 5.92 Å². The first-order chi connectivity index (χ1) is 12.9. The SMILES string of the molecule is CC(C)C(NC(=O)OC(C)(C)C)C(=O)NCC(=O)Nc1ccc(N(C)C)cc1. The molecule has 1 aromatic rings. The second-order valence-corrected chi connectivity index (χ2v) is 8.08.